The minimum atomic E-state index is -0.483. The van der Waals surface area contributed by atoms with E-state index in [1.54, 1.807) is 30.3 Å². The molecule has 1 aliphatic rings. The second-order valence-corrected chi connectivity index (χ2v) is 5.81. The molecule has 1 saturated heterocycles. The first-order chi connectivity index (χ1) is 11.5. The number of carbonyl (C=O) groups is 3. The number of esters is 1. The second-order valence-electron chi connectivity index (χ2n) is 5.81. The minimum Gasteiger partial charge on any atom is -0.423 e. The maximum absolute atomic E-state index is 12.2. The molecule has 0 N–H and O–H groups in total. The zero-order chi connectivity index (χ0) is 17.3. The Morgan fingerprint density at radius 2 is 1.54 bits per heavy atom. The van der Waals surface area contributed by atoms with Gasteiger partial charge in [-0.25, -0.2) is 4.79 Å². The lowest BCUT2D eigenvalue weighted by Crippen LogP contribution is -2.28. The molecule has 0 unspecified atom stereocenters. The summed E-state index contributed by atoms with van der Waals surface area (Å²) in [5.41, 5.74) is 3.00. The van der Waals surface area contributed by atoms with Gasteiger partial charge in [-0.3, -0.25) is 14.5 Å². The third-order valence-electron chi connectivity index (χ3n) is 4.10. The molecule has 2 amide bonds. The van der Waals surface area contributed by atoms with E-state index in [4.69, 9.17) is 4.74 Å². The normalized spacial score (nSPS) is 14.2. The van der Waals surface area contributed by atoms with E-state index < -0.39 is 5.97 Å². The van der Waals surface area contributed by atoms with E-state index in [2.05, 4.69) is 0 Å². The van der Waals surface area contributed by atoms with Gasteiger partial charge in [0, 0.05) is 12.8 Å². The number of anilines is 1. The quantitative estimate of drug-likeness (QED) is 0.494. The van der Waals surface area contributed by atoms with Crippen LogP contribution in [0.4, 0.5) is 5.69 Å². The van der Waals surface area contributed by atoms with Crippen molar-refractivity contribution in [1.29, 1.82) is 0 Å². The molecule has 0 aliphatic carbocycles. The molecule has 5 nitrogen and oxygen atoms in total. The molecule has 0 bridgehead atoms. The summed E-state index contributed by atoms with van der Waals surface area (Å²) in [6.45, 7) is 3.94. The Kier molecular flexibility index (Phi) is 4.16. The van der Waals surface area contributed by atoms with Gasteiger partial charge in [-0.05, 0) is 61.4 Å². The summed E-state index contributed by atoms with van der Waals surface area (Å²) < 4.78 is 5.36. The van der Waals surface area contributed by atoms with Crippen molar-refractivity contribution < 1.29 is 19.1 Å². The number of rotatable bonds is 3. The van der Waals surface area contributed by atoms with Crippen molar-refractivity contribution in [3.05, 3.63) is 59.2 Å². The van der Waals surface area contributed by atoms with Crippen LogP contribution in [0.1, 0.15) is 34.3 Å². The Bertz CT molecular complexity index is 808. The Balaban J connectivity index is 1.75. The molecule has 1 aliphatic heterocycles. The van der Waals surface area contributed by atoms with Crippen molar-refractivity contribution in [3.8, 4) is 5.75 Å². The topological polar surface area (TPSA) is 63.7 Å². The van der Waals surface area contributed by atoms with E-state index in [0.717, 1.165) is 16.0 Å². The maximum Gasteiger partial charge on any atom is 0.343 e. The molecule has 0 aromatic heterocycles. The van der Waals surface area contributed by atoms with E-state index in [9.17, 15) is 14.4 Å². The molecular formula is C19H17NO4. The van der Waals surface area contributed by atoms with Crippen molar-refractivity contribution >= 4 is 23.5 Å². The number of carbonyl (C=O) groups excluding carboxylic acids is 3. The Labute approximate surface area is 139 Å². The summed E-state index contributed by atoms with van der Waals surface area (Å²) in [7, 11) is 0. The predicted molar refractivity (Wildman–Crippen MR) is 89.0 cm³/mol. The van der Waals surface area contributed by atoms with Crippen LogP contribution in [0.5, 0.6) is 5.75 Å². The fraction of sp³-hybridized carbons (Fsp3) is 0.211. The van der Waals surface area contributed by atoms with Crippen molar-refractivity contribution in [1.82, 2.24) is 0 Å². The van der Waals surface area contributed by atoms with Gasteiger partial charge in [-0.15, -0.1) is 0 Å². The fourth-order valence-corrected chi connectivity index (χ4v) is 2.55. The van der Waals surface area contributed by atoms with Crippen LogP contribution in [0.15, 0.2) is 42.5 Å². The average Bonchev–Trinajstić information content (AvgIpc) is 2.90. The molecule has 24 heavy (non-hydrogen) atoms. The Hall–Kier alpha value is -2.95. The largest absolute Gasteiger partial charge is 0.423 e. The first-order valence-corrected chi connectivity index (χ1v) is 7.71. The van der Waals surface area contributed by atoms with E-state index in [0.29, 0.717) is 17.0 Å². The van der Waals surface area contributed by atoms with Gasteiger partial charge >= 0.3 is 5.97 Å². The minimum absolute atomic E-state index is 0.217. The maximum atomic E-state index is 12.2. The van der Waals surface area contributed by atoms with Crippen LogP contribution in [0, 0.1) is 13.8 Å². The SMILES string of the molecule is Cc1ccc(OC(=O)c2ccc(N3C(=O)CCC3=O)cc2)cc1C. The third-order valence-corrected chi connectivity index (χ3v) is 4.10. The van der Waals surface area contributed by atoms with Crippen LogP contribution < -0.4 is 9.64 Å². The Morgan fingerprint density at radius 1 is 0.917 bits per heavy atom. The molecule has 2 aromatic rings. The van der Waals surface area contributed by atoms with E-state index in [1.807, 2.05) is 26.0 Å². The van der Waals surface area contributed by atoms with E-state index in [-0.39, 0.29) is 24.7 Å². The van der Waals surface area contributed by atoms with Gasteiger partial charge in [0.1, 0.15) is 5.75 Å². The number of imide groups is 1. The molecular weight excluding hydrogens is 306 g/mol. The van der Waals surface area contributed by atoms with Crippen LogP contribution in [0.25, 0.3) is 0 Å². The summed E-state index contributed by atoms with van der Waals surface area (Å²) in [6.07, 6.45) is 0.463. The number of hydrogen-bond donors (Lipinski definition) is 0. The molecule has 5 heteroatoms. The highest BCUT2D eigenvalue weighted by Gasteiger charge is 2.30. The van der Waals surface area contributed by atoms with Crippen molar-refractivity contribution in [3.63, 3.8) is 0 Å². The average molecular weight is 323 g/mol. The zero-order valence-electron chi connectivity index (χ0n) is 13.5. The molecule has 0 radical (unpaired) electrons. The van der Waals surface area contributed by atoms with Crippen LogP contribution in [-0.2, 0) is 9.59 Å². The molecule has 1 fully saturated rings. The van der Waals surface area contributed by atoms with Crippen molar-refractivity contribution in [2.75, 3.05) is 4.90 Å². The molecule has 3 rings (SSSR count). The van der Waals surface area contributed by atoms with Crippen molar-refractivity contribution in [2.24, 2.45) is 0 Å². The van der Waals surface area contributed by atoms with Gasteiger partial charge in [-0.1, -0.05) is 6.07 Å². The lowest BCUT2D eigenvalue weighted by Gasteiger charge is -2.14. The highest BCUT2D eigenvalue weighted by molar-refractivity contribution is 6.19. The van der Waals surface area contributed by atoms with Crippen LogP contribution >= 0.6 is 0 Å². The molecule has 0 atom stereocenters. The Morgan fingerprint density at radius 3 is 2.12 bits per heavy atom. The second kappa shape index (κ2) is 6.28. The van der Waals surface area contributed by atoms with E-state index in [1.165, 1.54) is 0 Å². The van der Waals surface area contributed by atoms with Crippen LogP contribution in [0.3, 0.4) is 0 Å². The molecule has 1 heterocycles. The standard InChI is InChI=1S/C19H17NO4/c1-12-3-8-16(11-13(12)2)24-19(23)14-4-6-15(7-5-14)20-17(21)9-10-18(20)22/h3-8,11H,9-10H2,1-2H3. The van der Waals surface area contributed by atoms with Gasteiger partial charge in [0.2, 0.25) is 11.8 Å². The first-order valence-electron chi connectivity index (χ1n) is 7.71. The van der Waals surface area contributed by atoms with Gasteiger partial charge in [0.25, 0.3) is 0 Å². The molecule has 0 saturated carbocycles. The zero-order valence-corrected chi connectivity index (χ0v) is 13.5. The summed E-state index contributed by atoms with van der Waals surface area (Å²) in [6, 6.07) is 11.7. The van der Waals surface area contributed by atoms with Gasteiger partial charge in [-0.2, -0.15) is 0 Å². The van der Waals surface area contributed by atoms with Gasteiger partial charge in [0.15, 0.2) is 0 Å². The summed E-state index contributed by atoms with van der Waals surface area (Å²) >= 11 is 0. The monoisotopic (exact) mass is 323 g/mol. The van der Waals surface area contributed by atoms with Gasteiger partial charge in [0.05, 0.1) is 11.3 Å². The number of benzene rings is 2. The number of ether oxygens (including phenoxy) is 1. The lowest BCUT2D eigenvalue weighted by molar-refractivity contribution is -0.121. The van der Waals surface area contributed by atoms with E-state index >= 15 is 0 Å². The molecule has 122 valence electrons. The number of nitrogens with zero attached hydrogens (tertiary/aromatic N) is 1. The fourth-order valence-electron chi connectivity index (χ4n) is 2.55. The number of aryl methyl sites for hydroxylation is 2. The van der Waals surface area contributed by atoms with Crippen LogP contribution in [0.2, 0.25) is 0 Å². The summed E-state index contributed by atoms with van der Waals surface area (Å²) in [4.78, 5) is 36.8. The first kappa shape index (κ1) is 15.9. The highest BCUT2D eigenvalue weighted by Crippen LogP contribution is 2.23. The molecule has 2 aromatic carbocycles. The smallest absolute Gasteiger partial charge is 0.343 e. The lowest BCUT2D eigenvalue weighted by atomic mass is 10.1. The van der Waals surface area contributed by atoms with Crippen molar-refractivity contribution in [2.45, 2.75) is 26.7 Å². The third kappa shape index (κ3) is 3.06. The highest BCUT2D eigenvalue weighted by atomic mass is 16.5. The van der Waals surface area contributed by atoms with Crippen LogP contribution in [-0.4, -0.2) is 17.8 Å². The predicted octanol–water partition coefficient (Wildman–Crippen LogP) is 3.18. The number of amides is 2. The van der Waals surface area contributed by atoms with Gasteiger partial charge < -0.3 is 4.74 Å². The summed E-state index contributed by atoms with van der Waals surface area (Å²) in [5, 5.41) is 0. The number of hydrogen-bond acceptors (Lipinski definition) is 4. The molecule has 0 spiro atoms. The summed E-state index contributed by atoms with van der Waals surface area (Å²) in [5.74, 6) is -0.433.